The Morgan fingerprint density at radius 2 is 2.16 bits per heavy atom. The maximum absolute atomic E-state index is 12.3. The number of benzene rings is 2. The molecule has 5 N–H and O–H groups in total. The molecule has 198 valence electrons. The normalized spacial score (nSPS) is 19.5. The topological polar surface area (TPSA) is 128 Å². The quantitative estimate of drug-likeness (QED) is 0.305. The van der Waals surface area contributed by atoms with E-state index in [4.69, 9.17) is 19.9 Å². The van der Waals surface area contributed by atoms with Gasteiger partial charge in [0.05, 0.1) is 48.8 Å². The Labute approximate surface area is 217 Å². The van der Waals surface area contributed by atoms with Crippen molar-refractivity contribution in [3.8, 4) is 11.5 Å². The number of anilines is 2. The largest absolute Gasteiger partial charge is 0.493 e. The van der Waals surface area contributed by atoms with Crippen molar-refractivity contribution in [2.45, 2.75) is 51.9 Å². The molecule has 9 nitrogen and oxygen atoms in total. The summed E-state index contributed by atoms with van der Waals surface area (Å²) in [6, 6.07) is 9.19. The summed E-state index contributed by atoms with van der Waals surface area (Å²) in [5.41, 5.74) is 9.28. The number of nitrogens with one attached hydrogen (secondary N) is 2. The van der Waals surface area contributed by atoms with Gasteiger partial charge < -0.3 is 35.7 Å². The summed E-state index contributed by atoms with van der Waals surface area (Å²) in [6.07, 6.45) is 3.33. The highest BCUT2D eigenvalue weighted by atomic mass is 16.5. The van der Waals surface area contributed by atoms with E-state index in [1.165, 1.54) is 6.20 Å². The van der Waals surface area contributed by atoms with Crippen molar-refractivity contribution in [2.24, 2.45) is 5.73 Å². The van der Waals surface area contributed by atoms with E-state index in [-0.39, 0.29) is 23.9 Å². The van der Waals surface area contributed by atoms with Crippen molar-refractivity contribution < 1.29 is 24.1 Å². The highest BCUT2D eigenvalue weighted by Gasteiger charge is 2.30. The van der Waals surface area contributed by atoms with E-state index in [0.29, 0.717) is 34.7 Å². The maximum Gasteiger partial charge on any atom is 0.252 e. The Bertz CT molecular complexity index is 1280. The summed E-state index contributed by atoms with van der Waals surface area (Å²) < 4.78 is 17.9. The van der Waals surface area contributed by atoms with Crippen LogP contribution in [-0.4, -0.2) is 54.5 Å². The molecule has 0 aliphatic carbocycles. The van der Waals surface area contributed by atoms with Gasteiger partial charge in [-0.3, -0.25) is 9.78 Å². The van der Waals surface area contributed by atoms with E-state index in [1.54, 1.807) is 13.2 Å². The van der Waals surface area contributed by atoms with Gasteiger partial charge in [-0.25, -0.2) is 0 Å². The number of nitrogens with two attached hydrogens (primary N) is 1. The summed E-state index contributed by atoms with van der Waals surface area (Å²) >= 11 is 0. The van der Waals surface area contributed by atoms with Crippen LogP contribution in [0.2, 0.25) is 0 Å². The zero-order valence-corrected chi connectivity index (χ0v) is 21.9. The predicted octanol–water partition coefficient (Wildman–Crippen LogP) is 3.81. The fourth-order valence-corrected chi connectivity index (χ4v) is 4.80. The van der Waals surface area contributed by atoms with Crippen molar-refractivity contribution >= 4 is 28.2 Å². The summed E-state index contributed by atoms with van der Waals surface area (Å²) in [5, 5.41) is 17.1. The first-order valence-corrected chi connectivity index (χ1v) is 12.5. The fraction of sp³-hybridized carbons (Fsp3) is 0.429. The molecule has 1 unspecified atom stereocenters. The molecule has 1 aliphatic heterocycles. The number of carbonyl (C=O) groups is 1. The first-order valence-electron chi connectivity index (χ1n) is 12.5. The third kappa shape index (κ3) is 5.95. The molecule has 37 heavy (non-hydrogen) atoms. The average Bonchev–Trinajstić information content (AvgIpc) is 2.87. The van der Waals surface area contributed by atoms with E-state index in [0.717, 1.165) is 42.7 Å². The molecule has 0 saturated carbocycles. The maximum atomic E-state index is 12.3. The number of aromatic nitrogens is 1. The van der Waals surface area contributed by atoms with Gasteiger partial charge in [-0.15, -0.1) is 0 Å². The number of fused-ring (bicyclic) bond motifs is 1. The standard InChI is InChI=1S/C28H36N4O5/c1-17-13-30-16-28(3,37-17)9-6-10-36-25-12-23-20(11-24(25)35-4)26(21(14-31-23)27(29)34)32-22-8-5-7-19(15-33)18(22)2/h5,7-8,11-12,14,17,30,33H,6,9-10,13,15-16H2,1-4H3,(H2,29,34)(H,31,32)/t17?,28-/m0/s1. The Balaban J connectivity index is 1.60. The van der Waals surface area contributed by atoms with Crippen molar-refractivity contribution in [1.29, 1.82) is 0 Å². The molecule has 0 bridgehead atoms. The number of pyridine rings is 1. The number of carbonyl (C=O) groups excluding carboxylic acids is 1. The first-order chi connectivity index (χ1) is 17.7. The van der Waals surface area contributed by atoms with Crippen molar-refractivity contribution in [1.82, 2.24) is 10.3 Å². The predicted molar refractivity (Wildman–Crippen MR) is 144 cm³/mol. The number of nitrogens with zero attached hydrogens (tertiary/aromatic N) is 1. The van der Waals surface area contributed by atoms with Gasteiger partial charge in [0, 0.05) is 36.4 Å². The van der Waals surface area contributed by atoms with Crippen LogP contribution in [0.4, 0.5) is 11.4 Å². The average molecular weight is 509 g/mol. The first kappa shape index (κ1) is 26.7. The van der Waals surface area contributed by atoms with Crippen LogP contribution in [0.25, 0.3) is 10.9 Å². The van der Waals surface area contributed by atoms with Crippen LogP contribution in [-0.2, 0) is 11.3 Å². The Morgan fingerprint density at radius 3 is 2.86 bits per heavy atom. The second-order valence-corrected chi connectivity index (χ2v) is 9.77. The third-order valence-electron chi connectivity index (χ3n) is 6.82. The summed E-state index contributed by atoms with van der Waals surface area (Å²) in [4.78, 5) is 16.7. The van der Waals surface area contributed by atoms with E-state index in [2.05, 4.69) is 29.5 Å². The summed E-state index contributed by atoms with van der Waals surface area (Å²) in [6.45, 7) is 8.20. The number of ether oxygens (including phenoxy) is 3. The minimum Gasteiger partial charge on any atom is -0.493 e. The van der Waals surface area contributed by atoms with Crippen molar-refractivity contribution in [3.05, 3.63) is 53.2 Å². The number of morpholine rings is 1. The lowest BCUT2D eigenvalue weighted by Crippen LogP contribution is -2.51. The van der Waals surface area contributed by atoms with E-state index in [9.17, 15) is 9.90 Å². The van der Waals surface area contributed by atoms with Gasteiger partial charge in [0.15, 0.2) is 11.5 Å². The number of rotatable bonds is 10. The second-order valence-electron chi connectivity index (χ2n) is 9.77. The van der Waals surface area contributed by atoms with Crippen molar-refractivity contribution in [3.63, 3.8) is 0 Å². The van der Waals surface area contributed by atoms with Gasteiger partial charge in [0.25, 0.3) is 5.91 Å². The van der Waals surface area contributed by atoms with Gasteiger partial charge >= 0.3 is 0 Å². The fourth-order valence-electron chi connectivity index (χ4n) is 4.80. The minimum atomic E-state index is -0.602. The summed E-state index contributed by atoms with van der Waals surface area (Å²) in [5.74, 6) is 0.490. The van der Waals surface area contributed by atoms with Gasteiger partial charge in [-0.1, -0.05) is 12.1 Å². The number of aliphatic hydroxyl groups excluding tert-OH is 1. The van der Waals surface area contributed by atoms with Gasteiger partial charge in [-0.05, 0) is 56.9 Å². The summed E-state index contributed by atoms with van der Waals surface area (Å²) in [7, 11) is 1.57. The van der Waals surface area contributed by atoms with Crippen molar-refractivity contribution in [2.75, 3.05) is 32.1 Å². The van der Waals surface area contributed by atoms with Crippen LogP contribution >= 0.6 is 0 Å². The highest BCUT2D eigenvalue weighted by Crippen LogP contribution is 2.38. The zero-order valence-electron chi connectivity index (χ0n) is 21.9. The van der Waals surface area contributed by atoms with Crippen LogP contribution in [0, 0.1) is 6.92 Å². The molecule has 2 heterocycles. The van der Waals surface area contributed by atoms with Crippen LogP contribution in [0.3, 0.4) is 0 Å². The lowest BCUT2D eigenvalue weighted by atomic mass is 9.98. The second kappa shape index (κ2) is 11.3. The molecule has 0 spiro atoms. The van der Waals surface area contributed by atoms with E-state index < -0.39 is 5.91 Å². The number of aliphatic hydroxyl groups is 1. The molecule has 1 saturated heterocycles. The van der Waals surface area contributed by atoms with Crippen LogP contribution in [0.1, 0.15) is 48.2 Å². The molecule has 2 aromatic carbocycles. The lowest BCUT2D eigenvalue weighted by Gasteiger charge is -2.38. The molecule has 1 amide bonds. The number of hydrogen-bond acceptors (Lipinski definition) is 8. The molecule has 0 radical (unpaired) electrons. The SMILES string of the molecule is COc1cc2c(Nc3cccc(CO)c3C)c(C(N)=O)cnc2cc1OCCC[C@@]1(C)CNCC(C)O1. The lowest BCUT2D eigenvalue weighted by molar-refractivity contribution is -0.103. The Morgan fingerprint density at radius 1 is 1.35 bits per heavy atom. The van der Waals surface area contributed by atoms with Crippen LogP contribution in [0.15, 0.2) is 36.5 Å². The Kier molecular flexibility index (Phi) is 8.16. The molecule has 1 fully saturated rings. The Hall–Kier alpha value is -3.40. The van der Waals surface area contributed by atoms with E-state index >= 15 is 0 Å². The molecule has 3 aromatic rings. The number of primary amides is 1. The van der Waals surface area contributed by atoms with Gasteiger partial charge in [-0.2, -0.15) is 0 Å². The molecule has 9 heteroatoms. The van der Waals surface area contributed by atoms with E-state index in [1.807, 2.05) is 31.2 Å². The number of amides is 1. The minimum absolute atomic E-state index is 0.0868. The molecule has 2 atom stereocenters. The molecule has 1 aliphatic rings. The highest BCUT2D eigenvalue weighted by molar-refractivity contribution is 6.08. The zero-order chi connectivity index (χ0) is 26.6. The number of methoxy groups -OCH3 is 1. The van der Waals surface area contributed by atoms with Gasteiger partial charge in [0.2, 0.25) is 0 Å². The number of hydrogen-bond donors (Lipinski definition) is 4. The van der Waals surface area contributed by atoms with Gasteiger partial charge in [0.1, 0.15) is 0 Å². The third-order valence-corrected chi connectivity index (χ3v) is 6.82. The van der Waals surface area contributed by atoms with Crippen LogP contribution in [0.5, 0.6) is 11.5 Å². The van der Waals surface area contributed by atoms with Crippen LogP contribution < -0.4 is 25.8 Å². The molecule has 4 rings (SSSR count). The smallest absolute Gasteiger partial charge is 0.252 e. The molecule has 1 aromatic heterocycles. The molecular formula is C28H36N4O5. The monoisotopic (exact) mass is 508 g/mol. The molecular weight excluding hydrogens is 472 g/mol.